The number of hydrogen-bond acceptors (Lipinski definition) is 4. The maximum Gasteiger partial charge on any atom is 0.295 e. The Hall–Kier alpha value is -3.93. The first-order valence-electron chi connectivity index (χ1n) is 9.11. The predicted octanol–water partition coefficient (Wildman–Crippen LogP) is 5.33. The molecule has 0 radical (unpaired) electrons. The third kappa shape index (κ3) is 3.73. The van der Waals surface area contributed by atoms with Crippen LogP contribution in [0.5, 0.6) is 11.6 Å². The molecule has 144 valence electrons. The van der Waals surface area contributed by atoms with Crippen molar-refractivity contribution in [3.05, 3.63) is 90.0 Å². The van der Waals surface area contributed by atoms with Gasteiger partial charge in [-0.1, -0.05) is 48.5 Å². The second-order valence-corrected chi connectivity index (χ2v) is 6.50. The minimum Gasteiger partial charge on any atom is -0.497 e. The molecule has 4 aromatic rings. The monoisotopic (exact) mass is 385 g/mol. The van der Waals surface area contributed by atoms with E-state index in [2.05, 4.69) is 10.2 Å². The number of nitrogens with zero attached hydrogens (tertiary/aromatic N) is 3. The lowest BCUT2D eigenvalue weighted by molar-refractivity contribution is 0.0995. The number of azo groups is 1. The number of carbonyl (C=O) groups excluding carboxylic acids is 1. The van der Waals surface area contributed by atoms with Gasteiger partial charge in [0.25, 0.3) is 5.91 Å². The first-order valence-corrected chi connectivity index (χ1v) is 9.11. The van der Waals surface area contributed by atoms with Crippen molar-refractivity contribution in [1.29, 1.82) is 0 Å². The van der Waals surface area contributed by atoms with Crippen LogP contribution in [-0.4, -0.2) is 22.7 Å². The minimum absolute atomic E-state index is 0.0540. The van der Waals surface area contributed by atoms with Crippen molar-refractivity contribution in [2.75, 3.05) is 7.11 Å². The molecule has 0 aliphatic carbocycles. The number of aromatic nitrogens is 1. The molecule has 1 heterocycles. The molecule has 0 aliphatic heterocycles. The summed E-state index contributed by atoms with van der Waals surface area (Å²) in [6.07, 6.45) is 0. The van der Waals surface area contributed by atoms with Crippen LogP contribution in [0.4, 0.5) is 5.69 Å². The molecular weight excluding hydrogens is 366 g/mol. The average molecular weight is 385 g/mol. The molecule has 29 heavy (non-hydrogen) atoms. The second kappa shape index (κ2) is 7.98. The third-order valence-electron chi connectivity index (χ3n) is 4.66. The lowest BCUT2D eigenvalue weighted by Gasteiger charge is -2.08. The fourth-order valence-corrected chi connectivity index (χ4v) is 3.18. The van der Waals surface area contributed by atoms with E-state index in [0.29, 0.717) is 23.2 Å². The van der Waals surface area contributed by atoms with E-state index in [4.69, 9.17) is 4.74 Å². The van der Waals surface area contributed by atoms with Gasteiger partial charge in [0.2, 0.25) is 5.88 Å². The van der Waals surface area contributed by atoms with Gasteiger partial charge in [0.05, 0.1) is 19.2 Å². The van der Waals surface area contributed by atoms with Gasteiger partial charge in [-0.25, -0.2) is 0 Å². The first kappa shape index (κ1) is 18.4. The van der Waals surface area contributed by atoms with Gasteiger partial charge in [0, 0.05) is 17.0 Å². The van der Waals surface area contributed by atoms with E-state index in [1.165, 1.54) is 0 Å². The fraction of sp³-hybridized carbons (Fsp3) is 0.0870. The van der Waals surface area contributed by atoms with E-state index in [9.17, 15) is 9.90 Å². The Balaban J connectivity index is 1.78. The molecule has 0 saturated heterocycles. The number of fused-ring (bicyclic) bond motifs is 1. The van der Waals surface area contributed by atoms with Crippen molar-refractivity contribution >= 4 is 22.5 Å². The Kier molecular flexibility index (Phi) is 5.07. The van der Waals surface area contributed by atoms with E-state index in [1.807, 2.05) is 42.5 Å². The molecule has 0 bridgehead atoms. The van der Waals surface area contributed by atoms with E-state index in [0.717, 1.165) is 11.1 Å². The Labute approximate surface area is 167 Å². The van der Waals surface area contributed by atoms with Crippen molar-refractivity contribution in [2.45, 2.75) is 6.54 Å². The van der Waals surface area contributed by atoms with Gasteiger partial charge in [-0.2, -0.15) is 0 Å². The topological polar surface area (TPSA) is 76.2 Å². The highest BCUT2D eigenvalue weighted by Gasteiger charge is 2.18. The highest BCUT2D eigenvalue weighted by molar-refractivity contribution is 5.97. The standard InChI is InChI=1S/C23H19N3O3/c1-29-18-12-13-19-20(14-18)26(15-16-8-4-2-5-9-16)23(28)21(19)24-25-22(27)17-10-6-3-7-11-17/h2-14,28H,15H2,1H3. The van der Waals surface area contributed by atoms with Gasteiger partial charge >= 0.3 is 0 Å². The van der Waals surface area contributed by atoms with Crippen LogP contribution in [0.15, 0.2) is 89.1 Å². The molecule has 0 aliphatic rings. The maximum atomic E-state index is 12.3. The van der Waals surface area contributed by atoms with Gasteiger partial charge in [-0.3, -0.25) is 4.79 Å². The Morgan fingerprint density at radius 1 is 1.00 bits per heavy atom. The summed E-state index contributed by atoms with van der Waals surface area (Å²) in [6.45, 7) is 0.443. The number of hydrogen-bond donors (Lipinski definition) is 1. The average Bonchev–Trinajstić information content (AvgIpc) is 3.03. The zero-order valence-corrected chi connectivity index (χ0v) is 15.8. The Morgan fingerprint density at radius 3 is 2.38 bits per heavy atom. The molecule has 0 spiro atoms. The van der Waals surface area contributed by atoms with Crippen molar-refractivity contribution in [3.8, 4) is 11.6 Å². The fourth-order valence-electron chi connectivity index (χ4n) is 3.18. The molecule has 4 rings (SSSR count). The van der Waals surface area contributed by atoms with Crippen LogP contribution >= 0.6 is 0 Å². The van der Waals surface area contributed by atoms with E-state index in [-0.39, 0.29) is 11.6 Å². The highest BCUT2D eigenvalue weighted by atomic mass is 16.5. The molecule has 1 amide bonds. The molecule has 1 N–H and O–H groups in total. The third-order valence-corrected chi connectivity index (χ3v) is 4.66. The van der Waals surface area contributed by atoms with Crippen LogP contribution in [0.1, 0.15) is 15.9 Å². The summed E-state index contributed by atoms with van der Waals surface area (Å²) in [4.78, 5) is 12.3. The van der Waals surface area contributed by atoms with E-state index >= 15 is 0 Å². The molecular formula is C23H19N3O3. The second-order valence-electron chi connectivity index (χ2n) is 6.50. The molecule has 1 aromatic heterocycles. The smallest absolute Gasteiger partial charge is 0.295 e. The van der Waals surface area contributed by atoms with Gasteiger partial charge in [0.1, 0.15) is 5.75 Å². The largest absolute Gasteiger partial charge is 0.497 e. The van der Waals surface area contributed by atoms with Crippen LogP contribution in [0.25, 0.3) is 10.9 Å². The SMILES string of the molecule is COc1ccc2c(N=NC(=O)c3ccccc3)c(O)n(Cc3ccccc3)c2c1. The van der Waals surface area contributed by atoms with Crippen LogP contribution in [0.2, 0.25) is 0 Å². The molecule has 6 nitrogen and oxygen atoms in total. The van der Waals surface area contributed by atoms with Crippen LogP contribution < -0.4 is 4.74 Å². The molecule has 3 aromatic carbocycles. The summed E-state index contributed by atoms with van der Waals surface area (Å²) in [7, 11) is 1.59. The summed E-state index contributed by atoms with van der Waals surface area (Å²) in [6, 6.07) is 23.9. The van der Waals surface area contributed by atoms with Crippen LogP contribution in [0.3, 0.4) is 0 Å². The summed E-state index contributed by atoms with van der Waals surface area (Å²) >= 11 is 0. The van der Waals surface area contributed by atoms with Crippen LogP contribution in [-0.2, 0) is 6.54 Å². The van der Waals surface area contributed by atoms with E-state index < -0.39 is 5.91 Å². The van der Waals surface area contributed by atoms with E-state index in [1.54, 1.807) is 48.1 Å². The minimum atomic E-state index is -0.470. The quantitative estimate of drug-likeness (QED) is 0.472. The van der Waals surface area contributed by atoms with Crippen molar-refractivity contribution in [3.63, 3.8) is 0 Å². The summed E-state index contributed by atoms with van der Waals surface area (Å²) in [5, 5.41) is 19.5. The van der Waals surface area contributed by atoms with Gasteiger partial charge in [-0.15, -0.1) is 10.2 Å². The lowest BCUT2D eigenvalue weighted by atomic mass is 10.2. The number of amides is 1. The molecule has 0 saturated carbocycles. The zero-order valence-electron chi connectivity index (χ0n) is 15.8. The van der Waals surface area contributed by atoms with Gasteiger partial charge < -0.3 is 14.4 Å². The number of benzene rings is 3. The normalized spacial score (nSPS) is 11.2. The summed E-state index contributed by atoms with van der Waals surface area (Å²) in [5.41, 5.74) is 2.45. The number of aromatic hydroxyl groups is 1. The number of carbonyl (C=O) groups is 1. The van der Waals surface area contributed by atoms with Gasteiger partial charge in [-0.05, 0) is 29.8 Å². The zero-order chi connectivity index (χ0) is 20.2. The van der Waals surface area contributed by atoms with Gasteiger partial charge in [0.15, 0.2) is 5.69 Å². The number of ether oxygens (including phenoxy) is 1. The molecule has 0 unspecified atom stereocenters. The molecule has 0 atom stereocenters. The summed E-state index contributed by atoms with van der Waals surface area (Å²) < 4.78 is 7.06. The molecule has 6 heteroatoms. The lowest BCUT2D eigenvalue weighted by Crippen LogP contribution is -1.98. The number of rotatable bonds is 5. The van der Waals surface area contributed by atoms with Crippen molar-refractivity contribution in [1.82, 2.24) is 4.57 Å². The Morgan fingerprint density at radius 2 is 1.69 bits per heavy atom. The summed E-state index contributed by atoms with van der Waals surface area (Å²) in [5.74, 6) is 0.136. The Bertz CT molecular complexity index is 1180. The first-order chi connectivity index (χ1) is 14.2. The van der Waals surface area contributed by atoms with Crippen molar-refractivity contribution in [2.24, 2.45) is 10.2 Å². The molecule has 0 fully saturated rings. The van der Waals surface area contributed by atoms with Crippen molar-refractivity contribution < 1.29 is 14.6 Å². The maximum absolute atomic E-state index is 12.3. The predicted molar refractivity (Wildman–Crippen MR) is 111 cm³/mol. The highest BCUT2D eigenvalue weighted by Crippen LogP contribution is 2.40. The van der Waals surface area contributed by atoms with Crippen LogP contribution in [0, 0.1) is 0 Å². The number of methoxy groups -OCH3 is 1.